The number of esters is 1. The van der Waals surface area contributed by atoms with E-state index in [4.69, 9.17) is 9.47 Å². The number of hydrogen-bond acceptors (Lipinski definition) is 5. The summed E-state index contributed by atoms with van der Waals surface area (Å²) in [6.45, 7) is 0.248. The lowest BCUT2D eigenvalue weighted by atomic mass is 10.3. The predicted molar refractivity (Wildman–Crippen MR) is 75.5 cm³/mol. The van der Waals surface area contributed by atoms with E-state index < -0.39 is 0 Å². The minimum absolute atomic E-state index is 0.0166. The van der Waals surface area contributed by atoms with Crippen LogP contribution in [0.3, 0.4) is 0 Å². The summed E-state index contributed by atoms with van der Waals surface area (Å²) in [6, 6.07) is 7.45. The van der Waals surface area contributed by atoms with Crippen LogP contribution in [0.25, 0.3) is 11.0 Å². The standard InChI is InChI=1S/C14H17N3O4/c1-20-9-13(18)15-7-12-16-10-5-3-4-6-11(10)17(12)8-14(19)21-2/h3-6H,7-9H2,1-2H3,(H,15,18). The van der Waals surface area contributed by atoms with E-state index in [0.717, 1.165) is 11.0 Å². The molecule has 0 bridgehead atoms. The number of rotatable bonds is 6. The summed E-state index contributed by atoms with van der Waals surface area (Å²) in [5.74, 6) is -0.0251. The minimum atomic E-state index is -0.373. The van der Waals surface area contributed by atoms with Crippen LogP contribution in [0.1, 0.15) is 5.82 Å². The van der Waals surface area contributed by atoms with Gasteiger partial charge >= 0.3 is 5.97 Å². The summed E-state index contributed by atoms with van der Waals surface area (Å²) < 4.78 is 11.2. The average molecular weight is 291 g/mol. The number of carbonyl (C=O) groups is 2. The first kappa shape index (κ1) is 15.0. The van der Waals surface area contributed by atoms with Crippen molar-refractivity contribution in [3.05, 3.63) is 30.1 Å². The van der Waals surface area contributed by atoms with Crippen molar-refractivity contribution in [3.63, 3.8) is 0 Å². The van der Waals surface area contributed by atoms with Crippen LogP contribution in [0.15, 0.2) is 24.3 Å². The molecule has 1 heterocycles. The molecule has 21 heavy (non-hydrogen) atoms. The highest BCUT2D eigenvalue weighted by molar-refractivity contribution is 5.79. The molecule has 0 saturated carbocycles. The zero-order chi connectivity index (χ0) is 15.2. The zero-order valence-corrected chi connectivity index (χ0v) is 12.0. The fourth-order valence-electron chi connectivity index (χ4n) is 1.99. The molecule has 2 rings (SSSR count). The second kappa shape index (κ2) is 6.85. The number of nitrogens with one attached hydrogen (secondary N) is 1. The van der Waals surface area contributed by atoms with Crippen LogP contribution in [0.2, 0.25) is 0 Å². The van der Waals surface area contributed by atoms with Gasteiger partial charge in [-0.2, -0.15) is 0 Å². The van der Waals surface area contributed by atoms with Gasteiger partial charge < -0.3 is 19.4 Å². The number of imidazole rings is 1. The highest BCUT2D eigenvalue weighted by atomic mass is 16.5. The van der Waals surface area contributed by atoms with Crippen LogP contribution in [0.4, 0.5) is 0 Å². The maximum atomic E-state index is 11.5. The van der Waals surface area contributed by atoms with Crippen LogP contribution in [0, 0.1) is 0 Å². The molecular weight excluding hydrogens is 274 g/mol. The summed E-state index contributed by atoms with van der Waals surface area (Å²) in [7, 11) is 2.79. The van der Waals surface area contributed by atoms with Crippen molar-refractivity contribution in [2.24, 2.45) is 0 Å². The van der Waals surface area contributed by atoms with E-state index in [1.54, 1.807) is 4.57 Å². The molecule has 0 radical (unpaired) electrons. The highest BCUT2D eigenvalue weighted by Crippen LogP contribution is 2.16. The van der Waals surface area contributed by atoms with Gasteiger partial charge in [-0.15, -0.1) is 0 Å². The van der Waals surface area contributed by atoms with E-state index in [-0.39, 0.29) is 31.6 Å². The van der Waals surface area contributed by atoms with Crippen LogP contribution in [-0.4, -0.2) is 42.3 Å². The Bertz CT molecular complexity index is 651. The van der Waals surface area contributed by atoms with Crippen molar-refractivity contribution in [3.8, 4) is 0 Å². The Morgan fingerprint density at radius 1 is 1.29 bits per heavy atom. The first-order chi connectivity index (χ1) is 10.2. The van der Waals surface area contributed by atoms with Gasteiger partial charge in [0.25, 0.3) is 0 Å². The van der Waals surface area contributed by atoms with Crippen molar-refractivity contribution in [2.75, 3.05) is 20.8 Å². The summed E-state index contributed by atoms with van der Waals surface area (Å²) in [6.07, 6.45) is 0. The molecule has 0 aliphatic heterocycles. The van der Waals surface area contributed by atoms with Crippen LogP contribution in [-0.2, 0) is 32.2 Å². The minimum Gasteiger partial charge on any atom is -0.468 e. The van der Waals surface area contributed by atoms with Gasteiger partial charge in [0.05, 0.1) is 24.7 Å². The van der Waals surface area contributed by atoms with Gasteiger partial charge in [0, 0.05) is 7.11 Å². The zero-order valence-electron chi connectivity index (χ0n) is 12.0. The monoisotopic (exact) mass is 291 g/mol. The van der Waals surface area contributed by atoms with E-state index in [1.165, 1.54) is 14.2 Å². The molecule has 1 aromatic heterocycles. The number of fused-ring (bicyclic) bond motifs is 1. The van der Waals surface area contributed by atoms with E-state index in [1.807, 2.05) is 24.3 Å². The number of ether oxygens (including phenoxy) is 2. The normalized spacial score (nSPS) is 10.6. The lowest BCUT2D eigenvalue weighted by molar-refractivity contribution is -0.141. The molecule has 7 nitrogen and oxygen atoms in total. The van der Waals surface area contributed by atoms with Crippen LogP contribution in [0.5, 0.6) is 0 Å². The Balaban J connectivity index is 2.26. The van der Waals surface area contributed by atoms with Gasteiger partial charge in [0.15, 0.2) is 0 Å². The quantitative estimate of drug-likeness (QED) is 0.782. The molecule has 1 N–H and O–H groups in total. The molecule has 2 aromatic rings. The van der Waals surface area contributed by atoms with Gasteiger partial charge in [0.2, 0.25) is 5.91 Å². The van der Waals surface area contributed by atoms with Gasteiger partial charge in [0.1, 0.15) is 19.0 Å². The lowest BCUT2D eigenvalue weighted by Crippen LogP contribution is -2.28. The van der Waals surface area contributed by atoms with Crippen molar-refractivity contribution in [1.29, 1.82) is 0 Å². The summed E-state index contributed by atoms with van der Waals surface area (Å²) in [5, 5.41) is 2.69. The highest BCUT2D eigenvalue weighted by Gasteiger charge is 2.14. The Morgan fingerprint density at radius 2 is 2.05 bits per heavy atom. The average Bonchev–Trinajstić information content (AvgIpc) is 2.83. The molecule has 1 aromatic carbocycles. The number of aromatic nitrogens is 2. The number of amides is 1. The largest absolute Gasteiger partial charge is 0.468 e. The lowest BCUT2D eigenvalue weighted by Gasteiger charge is -2.08. The molecule has 0 spiro atoms. The second-order valence-electron chi connectivity index (χ2n) is 4.39. The smallest absolute Gasteiger partial charge is 0.325 e. The molecule has 0 saturated heterocycles. The van der Waals surface area contributed by atoms with Crippen molar-refractivity contribution in [1.82, 2.24) is 14.9 Å². The molecule has 0 aliphatic rings. The number of nitrogens with zero attached hydrogens (tertiary/aromatic N) is 2. The molecule has 0 fully saturated rings. The van der Waals surface area contributed by atoms with E-state index >= 15 is 0 Å². The van der Waals surface area contributed by atoms with Gasteiger partial charge in [-0.05, 0) is 12.1 Å². The van der Waals surface area contributed by atoms with Crippen molar-refractivity contribution < 1.29 is 19.1 Å². The molecule has 0 aliphatic carbocycles. The van der Waals surface area contributed by atoms with Crippen LogP contribution < -0.4 is 5.32 Å². The molecular formula is C14H17N3O4. The van der Waals surface area contributed by atoms with Gasteiger partial charge in [-0.1, -0.05) is 12.1 Å². The summed E-state index contributed by atoms with van der Waals surface area (Å²) in [5.41, 5.74) is 1.58. The van der Waals surface area contributed by atoms with E-state index in [2.05, 4.69) is 10.3 Å². The number of methoxy groups -OCH3 is 2. The van der Waals surface area contributed by atoms with Crippen molar-refractivity contribution >= 4 is 22.9 Å². The Labute approximate surface area is 121 Å². The maximum Gasteiger partial charge on any atom is 0.325 e. The summed E-state index contributed by atoms with van der Waals surface area (Å²) in [4.78, 5) is 27.4. The third-order valence-corrected chi connectivity index (χ3v) is 2.97. The SMILES string of the molecule is COCC(=O)NCc1nc2ccccc2n1CC(=O)OC. The number of para-hydroxylation sites is 2. The van der Waals surface area contributed by atoms with Gasteiger partial charge in [-0.25, -0.2) is 4.98 Å². The second-order valence-corrected chi connectivity index (χ2v) is 4.39. The Hall–Kier alpha value is -2.41. The Kier molecular flexibility index (Phi) is 4.89. The number of hydrogen-bond donors (Lipinski definition) is 1. The fourth-order valence-corrected chi connectivity index (χ4v) is 1.99. The van der Waals surface area contributed by atoms with E-state index in [9.17, 15) is 9.59 Å². The third-order valence-electron chi connectivity index (χ3n) is 2.97. The van der Waals surface area contributed by atoms with Gasteiger partial charge in [-0.3, -0.25) is 9.59 Å². The molecule has 7 heteroatoms. The predicted octanol–water partition coefficient (Wildman–Crippen LogP) is 0.472. The summed E-state index contributed by atoms with van der Waals surface area (Å²) >= 11 is 0. The Morgan fingerprint density at radius 3 is 2.76 bits per heavy atom. The molecule has 1 amide bonds. The molecule has 0 atom stereocenters. The first-order valence-corrected chi connectivity index (χ1v) is 6.42. The first-order valence-electron chi connectivity index (χ1n) is 6.42. The third kappa shape index (κ3) is 3.57. The number of benzene rings is 1. The maximum absolute atomic E-state index is 11.5. The number of carbonyl (C=O) groups excluding carboxylic acids is 2. The van der Waals surface area contributed by atoms with Crippen LogP contribution >= 0.6 is 0 Å². The van der Waals surface area contributed by atoms with E-state index in [0.29, 0.717) is 5.82 Å². The fraction of sp³-hybridized carbons (Fsp3) is 0.357. The topological polar surface area (TPSA) is 82.5 Å². The van der Waals surface area contributed by atoms with Crippen molar-refractivity contribution in [2.45, 2.75) is 13.1 Å². The molecule has 112 valence electrons. The molecule has 0 unspecified atom stereocenters.